The standard InChI is InChI=1S/C21H30O3/c1-4-7-10-14-19(5-2)15-11-8-9-12-16-20(22)17-13-18-21(23)24-6-3/h8-9,11,15,19-20,22H,4-6,13-14,17-18H2,1-3H3. The van der Waals surface area contributed by atoms with Crippen LogP contribution in [0, 0.1) is 29.6 Å². The number of rotatable bonds is 9. The maximum absolute atomic E-state index is 11.2. The summed E-state index contributed by atoms with van der Waals surface area (Å²) in [4.78, 5) is 11.2. The Bertz CT molecular complexity index is 509. The highest BCUT2D eigenvalue weighted by Gasteiger charge is 2.04. The van der Waals surface area contributed by atoms with Gasteiger partial charge in [0.2, 0.25) is 0 Å². The molecule has 0 amide bonds. The van der Waals surface area contributed by atoms with Crippen molar-refractivity contribution in [3.8, 4) is 23.7 Å². The lowest BCUT2D eigenvalue weighted by Gasteiger charge is -2.03. The molecule has 0 aliphatic heterocycles. The molecule has 0 bridgehead atoms. The normalized spacial score (nSPS) is 13.0. The average Bonchev–Trinajstić information content (AvgIpc) is 2.56. The van der Waals surface area contributed by atoms with E-state index in [1.807, 2.05) is 12.2 Å². The number of hydrogen-bond donors (Lipinski definition) is 1. The summed E-state index contributed by atoms with van der Waals surface area (Å²) >= 11 is 0. The van der Waals surface area contributed by atoms with Crippen LogP contribution >= 0.6 is 0 Å². The topological polar surface area (TPSA) is 46.5 Å². The SMILES string of the molecule is CCC#CCC(C=CC=CC#CC(O)CCCC(=O)OCC)CC. The highest BCUT2D eigenvalue weighted by atomic mass is 16.5. The minimum atomic E-state index is -0.708. The van der Waals surface area contributed by atoms with Crippen LogP contribution in [0.25, 0.3) is 0 Å². The van der Waals surface area contributed by atoms with Crippen molar-refractivity contribution >= 4 is 5.97 Å². The van der Waals surface area contributed by atoms with Gasteiger partial charge in [-0.3, -0.25) is 4.79 Å². The van der Waals surface area contributed by atoms with Crippen molar-refractivity contribution in [2.75, 3.05) is 6.61 Å². The van der Waals surface area contributed by atoms with Gasteiger partial charge in [0, 0.05) is 19.3 Å². The Labute approximate surface area is 147 Å². The molecule has 0 aromatic heterocycles. The second-order valence-corrected chi connectivity index (χ2v) is 5.33. The van der Waals surface area contributed by atoms with E-state index in [4.69, 9.17) is 4.74 Å². The van der Waals surface area contributed by atoms with Crippen LogP contribution in [0.3, 0.4) is 0 Å². The summed E-state index contributed by atoms with van der Waals surface area (Å²) in [5.41, 5.74) is 0. The highest BCUT2D eigenvalue weighted by Crippen LogP contribution is 2.09. The van der Waals surface area contributed by atoms with Gasteiger partial charge in [0.05, 0.1) is 6.61 Å². The fourth-order valence-electron chi connectivity index (χ4n) is 1.89. The van der Waals surface area contributed by atoms with E-state index in [-0.39, 0.29) is 5.97 Å². The molecule has 0 heterocycles. The summed E-state index contributed by atoms with van der Waals surface area (Å²) in [6.45, 7) is 6.37. The highest BCUT2D eigenvalue weighted by molar-refractivity contribution is 5.69. The van der Waals surface area contributed by atoms with Gasteiger partial charge >= 0.3 is 5.97 Å². The summed E-state index contributed by atoms with van der Waals surface area (Å²) in [6, 6.07) is 0. The molecule has 0 fully saturated rings. The molecule has 2 unspecified atom stereocenters. The van der Waals surface area contributed by atoms with E-state index >= 15 is 0 Å². The van der Waals surface area contributed by atoms with Gasteiger partial charge in [-0.25, -0.2) is 0 Å². The molecule has 0 spiro atoms. The number of hydrogen-bond acceptors (Lipinski definition) is 3. The number of allylic oxidation sites excluding steroid dienone is 4. The third-order valence-corrected chi connectivity index (χ3v) is 3.28. The largest absolute Gasteiger partial charge is 0.466 e. The third kappa shape index (κ3) is 13.7. The van der Waals surface area contributed by atoms with E-state index < -0.39 is 6.10 Å². The lowest BCUT2D eigenvalue weighted by molar-refractivity contribution is -0.143. The van der Waals surface area contributed by atoms with Crippen LogP contribution < -0.4 is 0 Å². The smallest absolute Gasteiger partial charge is 0.305 e. The molecule has 1 N–H and O–H groups in total. The molecule has 0 aromatic rings. The zero-order valence-corrected chi connectivity index (χ0v) is 15.2. The van der Waals surface area contributed by atoms with Crippen molar-refractivity contribution in [1.82, 2.24) is 0 Å². The Morgan fingerprint density at radius 2 is 2.00 bits per heavy atom. The maximum Gasteiger partial charge on any atom is 0.305 e. The molecule has 0 aliphatic rings. The molecule has 24 heavy (non-hydrogen) atoms. The Kier molecular flexibility index (Phi) is 14.6. The fraction of sp³-hybridized carbons (Fsp3) is 0.571. The Morgan fingerprint density at radius 3 is 2.67 bits per heavy atom. The number of aliphatic hydroxyl groups is 1. The first-order valence-electron chi connectivity index (χ1n) is 8.77. The fourth-order valence-corrected chi connectivity index (χ4v) is 1.89. The minimum Gasteiger partial charge on any atom is -0.466 e. The molecule has 0 aliphatic carbocycles. The summed E-state index contributed by atoms with van der Waals surface area (Å²) in [5, 5.41) is 9.70. The van der Waals surface area contributed by atoms with E-state index in [2.05, 4.69) is 43.6 Å². The maximum atomic E-state index is 11.2. The molecule has 0 saturated carbocycles. The van der Waals surface area contributed by atoms with Crippen molar-refractivity contribution in [3.05, 3.63) is 24.3 Å². The average molecular weight is 330 g/mol. The summed E-state index contributed by atoms with van der Waals surface area (Å²) < 4.78 is 4.82. The van der Waals surface area contributed by atoms with Crippen LogP contribution in [0.4, 0.5) is 0 Å². The number of carbonyl (C=O) groups excluding carboxylic acids is 1. The van der Waals surface area contributed by atoms with Crippen LogP contribution in [0.5, 0.6) is 0 Å². The molecular weight excluding hydrogens is 300 g/mol. The Hall–Kier alpha value is -1.97. The Balaban J connectivity index is 4.06. The van der Waals surface area contributed by atoms with E-state index in [0.29, 0.717) is 31.8 Å². The summed E-state index contributed by atoms with van der Waals surface area (Å²) in [6.07, 6.45) is 11.2. The summed E-state index contributed by atoms with van der Waals surface area (Å²) in [5.74, 6) is 12.1. The zero-order chi connectivity index (χ0) is 18.0. The van der Waals surface area contributed by atoms with Gasteiger partial charge in [-0.2, -0.15) is 0 Å². The van der Waals surface area contributed by atoms with Gasteiger partial charge < -0.3 is 9.84 Å². The molecule has 0 radical (unpaired) electrons. The monoisotopic (exact) mass is 330 g/mol. The van der Waals surface area contributed by atoms with Gasteiger partial charge in [-0.15, -0.1) is 11.8 Å². The van der Waals surface area contributed by atoms with Gasteiger partial charge in [0.15, 0.2) is 0 Å². The molecule has 3 heteroatoms. The third-order valence-electron chi connectivity index (χ3n) is 3.28. The molecule has 0 aromatic carbocycles. The molecule has 2 atom stereocenters. The van der Waals surface area contributed by atoms with Crippen molar-refractivity contribution < 1.29 is 14.6 Å². The lowest BCUT2D eigenvalue weighted by atomic mass is 10.0. The second-order valence-electron chi connectivity index (χ2n) is 5.33. The molecular formula is C21H30O3. The van der Waals surface area contributed by atoms with Crippen LogP contribution in [-0.2, 0) is 9.53 Å². The Morgan fingerprint density at radius 1 is 1.21 bits per heavy atom. The van der Waals surface area contributed by atoms with Crippen molar-refractivity contribution in [3.63, 3.8) is 0 Å². The van der Waals surface area contributed by atoms with E-state index in [1.165, 1.54) is 0 Å². The summed E-state index contributed by atoms with van der Waals surface area (Å²) in [7, 11) is 0. The molecule has 0 rings (SSSR count). The lowest BCUT2D eigenvalue weighted by Crippen LogP contribution is -2.07. The number of carbonyl (C=O) groups is 1. The first-order valence-corrected chi connectivity index (χ1v) is 8.77. The zero-order valence-electron chi connectivity index (χ0n) is 15.2. The predicted molar refractivity (Wildman–Crippen MR) is 99.0 cm³/mol. The van der Waals surface area contributed by atoms with Crippen LogP contribution in [-0.4, -0.2) is 23.8 Å². The van der Waals surface area contributed by atoms with E-state index in [9.17, 15) is 9.90 Å². The van der Waals surface area contributed by atoms with Crippen molar-refractivity contribution in [2.24, 2.45) is 5.92 Å². The van der Waals surface area contributed by atoms with Crippen molar-refractivity contribution in [1.29, 1.82) is 0 Å². The van der Waals surface area contributed by atoms with Gasteiger partial charge in [0.1, 0.15) is 6.10 Å². The van der Waals surface area contributed by atoms with Crippen LogP contribution in [0.2, 0.25) is 0 Å². The van der Waals surface area contributed by atoms with Crippen LogP contribution in [0.1, 0.15) is 59.3 Å². The quantitative estimate of drug-likeness (QED) is 0.394. The van der Waals surface area contributed by atoms with Gasteiger partial charge in [-0.05, 0) is 38.2 Å². The van der Waals surface area contributed by atoms with Crippen molar-refractivity contribution in [2.45, 2.75) is 65.4 Å². The van der Waals surface area contributed by atoms with Crippen LogP contribution in [0.15, 0.2) is 24.3 Å². The number of ether oxygens (including phenoxy) is 1. The number of esters is 1. The van der Waals surface area contributed by atoms with E-state index in [1.54, 1.807) is 13.0 Å². The van der Waals surface area contributed by atoms with Gasteiger partial charge in [0.25, 0.3) is 0 Å². The predicted octanol–water partition coefficient (Wildman–Crippen LogP) is 4.03. The molecule has 0 saturated heterocycles. The minimum absolute atomic E-state index is 0.225. The number of aliphatic hydroxyl groups excluding tert-OH is 1. The first kappa shape index (κ1) is 22.0. The molecule has 132 valence electrons. The molecule has 3 nitrogen and oxygen atoms in total. The van der Waals surface area contributed by atoms with Gasteiger partial charge in [-0.1, -0.05) is 43.9 Å². The van der Waals surface area contributed by atoms with E-state index in [0.717, 1.165) is 19.3 Å². The second kappa shape index (κ2) is 15.9. The first-order chi connectivity index (χ1) is 11.6.